The Kier molecular flexibility index (Phi) is 11.3. The minimum Gasteiger partial charge on any atom is -0.466 e. The molecular weight excluding hydrogens is 576 g/mol. The summed E-state index contributed by atoms with van der Waals surface area (Å²) in [7, 11) is 0. The van der Waals surface area contributed by atoms with Crippen molar-refractivity contribution in [1.29, 1.82) is 0 Å². The lowest BCUT2D eigenvalue weighted by Crippen LogP contribution is -2.60. The van der Waals surface area contributed by atoms with Crippen LogP contribution in [0.25, 0.3) is 0 Å². The van der Waals surface area contributed by atoms with Crippen LogP contribution in [-0.2, 0) is 23.7 Å². The molecule has 5 aliphatic rings. The molecule has 6 rings (SSSR count). The van der Waals surface area contributed by atoms with Gasteiger partial charge >= 0.3 is 11.9 Å². The van der Waals surface area contributed by atoms with Gasteiger partial charge < -0.3 is 18.9 Å². The Bertz CT molecular complexity index is 1160. The lowest BCUT2D eigenvalue weighted by molar-refractivity contribution is -0.242. The topological polar surface area (TPSA) is 71.1 Å². The molecule has 0 amide bonds. The molecular formula is C40H62O6. The number of hydrogen-bond acceptors (Lipinski definition) is 6. The van der Waals surface area contributed by atoms with Crippen LogP contribution in [0.5, 0.6) is 0 Å². The number of hydrogen-bond donors (Lipinski definition) is 0. The van der Waals surface area contributed by atoms with E-state index in [2.05, 4.69) is 20.8 Å². The number of fused-ring (bicyclic) bond motifs is 5. The lowest BCUT2D eigenvalue weighted by Gasteiger charge is -2.63. The zero-order chi connectivity index (χ0) is 33.1. The monoisotopic (exact) mass is 638 g/mol. The highest BCUT2D eigenvalue weighted by atomic mass is 16.7. The van der Waals surface area contributed by atoms with Crippen LogP contribution in [0, 0.1) is 52.3 Å². The molecule has 4 saturated carbocycles. The van der Waals surface area contributed by atoms with E-state index < -0.39 is 5.79 Å². The molecule has 0 radical (unpaired) electrons. The Morgan fingerprint density at radius 2 is 1.61 bits per heavy atom. The van der Waals surface area contributed by atoms with Crippen molar-refractivity contribution in [3.63, 3.8) is 0 Å². The van der Waals surface area contributed by atoms with Crippen molar-refractivity contribution in [1.82, 2.24) is 0 Å². The van der Waals surface area contributed by atoms with Crippen molar-refractivity contribution in [3.05, 3.63) is 35.9 Å². The molecule has 1 heterocycles. The predicted octanol–water partition coefficient (Wildman–Crippen LogP) is 9.26. The summed E-state index contributed by atoms with van der Waals surface area (Å²) in [6.07, 6.45) is 11.9. The summed E-state index contributed by atoms with van der Waals surface area (Å²) < 4.78 is 24.3. The van der Waals surface area contributed by atoms with E-state index in [1.807, 2.05) is 58.0 Å². The maximum atomic E-state index is 13.6. The average Bonchev–Trinajstić information content (AvgIpc) is 3.67. The second-order valence-corrected chi connectivity index (χ2v) is 15.6. The molecule has 1 aliphatic heterocycles. The van der Waals surface area contributed by atoms with Crippen LogP contribution in [0.15, 0.2) is 30.3 Å². The molecule has 6 heteroatoms. The van der Waals surface area contributed by atoms with Crippen LogP contribution in [0.3, 0.4) is 0 Å². The summed E-state index contributed by atoms with van der Waals surface area (Å²) >= 11 is 0. The Morgan fingerprint density at radius 3 is 2.30 bits per heavy atom. The second-order valence-electron chi connectivity index (χ2n) is 15.6. The fraction of sp³-hybridized carbons (Fsp3) is 0.800. The summed E-state index contributed by atoms with van der Waals surface area (Å²) in [5, 5.41) is 0. The van der Waals surface area contributed by atoms with Gasteiger partial charge in [-0.15, -0.1) is 0 Å². The van der Waals surface area contributed by atoms with Gasteiger partial charge in [-0.2, -0.15) is 0 Å². The third-order valence-electron chi connectivity index (χ3n) is 13.5. The lowest BCUT2D eigenvalue weighted by atomic mass is 9.43. The molecule has 1 spiro atoms. The van der Waals surface area contributed by atoms with Gasteiger partial charge in [-0.05, 0) is 104 Å². The summed E-state index contributed by atoms with van der Waals surface area (Å²) in [6.45, 7) is 17.3. The Balaban J connectivity index is 0.00000204. The fourth-order valence-electron chi connectivity index (χ4n) is 11.1. The number of carbonyl (C=O) groups excluding carboxylic acids is 2. The number of esters is 2. The van der Waals surface area contributed by atoms with Gasteiger partial charge in [-0.3, -0.25) is 4.79 Å². The highest BCUT2D eigenvalue weighted by molar-refractivity contribution is 5.89. The molecule has 7 unspecified atom stereocenters. The van der Waals surface area contributed by atoms with Gasteiger partial charge in [0.25, 0.3) is 0 Å². The first-order valence-electron chi connectivity index (χ1n) is 18.8. The van der Waals surface area contributed by atoms with Crippen LogP contribution in [0.2, 0.25) is 0 Å². The molecule has 0 N–H and O–H groups in total. The van der Waals surface area contributed by atoms with E-state index in [-0.39, 0.29) is 34.8 Å². The molecule has 10 atom stereocenters. The molecule has 1 aromatic carbocycles. The van der Waals surface area contributed by atoms with E-state index in [1.165, 1.54) is 25.7 Å². The zero-order valence-corrected chi connectivity index (χ0v) is 29.9. The van der Waals surface area contributed by atoms with Crippen molar-refractivity contribution >= 4 is 11.9 Å². The van der Waals surface area contributed by atoms with Crippen molar-refractivity contribution < 1.29 is 28.5 Å². The second kappa shape index (κ2) is 14.7. The maximum absolute atomic E-state index is 13.6. The smallest absolute Gasteiger partial charge is 0.338 e. The van der Waals surface area contributed by atoms with Gasteiger partial charge in [0.2, 0.25) is 0 Å². The van der Waals surface area contributed by atoms with Gasteiger partial charge in [0.1, 0.15) is 6.10 Å². The highest BCUT2D eigenvalue weighted by Crippen LogP contribution is 2.69. The Labute approximate surface area is 279 Å². The summed E-state index contributed by atoms with van der Waals surface area (Å²) in [5.41, 5.74) is 1.12. The summed E-state index contributed by atoms with van der Waals surface area (Å²) in [5.74, 6) is 2.49. The van der Waals surface area contributed by atoms with E-state index in [9.17, 15) is 9.59 Å². The molecule has 1 aromatic rings. The zero-order valence-electron chi connectivity index (χ0n) is 29.9. The number of carbonyl (C=O) groups is 2. The van der Waals surface area contributed by atoms with Crippen molar-refractivity contribution in [2.45, 2.75) is 131 Å². The van der Waals surface area contributed by atoms with E-state index in [4.69, 9.17) is 18.9 Å². The molecule has 258 valence electrons. The van der Waals surface area contributed by atoms with Crippen molar-refractivity contribution in [2.75, 3.05) is 19.8 Å². The SMILES string of the molecule is CC.CCOC(=O)C(C)CCC[C@@H](C)C1CCC2C3C(CCC21C)C1(C)CCC2(C[C@@H]1C[C@H]3OC(=O)c1ccccc1)OCCO2. The Morgan fingerprint density at radius 1 is 0.913 bits per heavy atom. The van der Waals surface area contributed by atoms with E-state index in [1.54, 1.807) is 0 Å². The van der Waals surface area contributed by atoms with Crippen LogP contribution in [0.1, 0.15) is 129 Å². The molecule has 1 saturated heterocycles. The molecule has 46 heavy (non-hydrogen) atoms. The van der Waals surface area contributed by atoms with Crippen LogP contribution >= 0.6 is 0 Å². The van der Waals surface area contributed by atoms with Gasteiger partial charge in [0, 0.05) is 18.8 Å². The van der Waals surface area contributed by atoms with Gasteiger partial charge in [-0.25, -0.2) is 4.79 Å². The molecule has 0 aromatic heterocycles. The Hall–Kier alpha value is -1.92. The molecule has 4 aliphatic carbocycles. The predicted molar refractivity (Wildman–Crippen MR) is 181 cm³/mol. The third kappa shape index (κ3) is 6.68. The standard InChI is InChI=1S/C38H56O6.C2H6/c1-6-41-34(39)26(3)12-10-11-25(2)29-15-16-30-33-31(17-18-37(29,30)5)36(4)19-20-38(42-21-22-43-38)24-28(36)23-32(33)44-35(40)27-13-8-7-9-14-27;1-2/h7-9,13-14,25-26,28-33H,6,10-12,15-24H2,1-5H3;1-2H3/t25-,26?,28+,29?,30?,31?,32-,33?,36?,37?;/m1./s1. The number of benzene rings is 1. The van der Waals surface area contributed by atoms with E-state index in [0.717, 1.165) is 44.9 Å². The third-order valence-corrected chi connectivity index (χ3v) is 13.5. The molecule has 6 nitrogen and oxygen atoms in total. The maximum Gasteiger partial charge on any atom is 0.338 e. The summed E-state index contributed by atoms with van der Waals surface area (Å²) in [6, 6.07) is 9.55. The minimum atomic E-state index is -0.438. The summed E-state index contributed by atoms with van der Waals surface area (Å²) in [4.78, 5) is 25.8. The first kappa shape index (κ1) is 35.4. The number of rotatable bonds is 9. The normalized spacial score (nSPS) is 37.1. The first-order valence-corrected chi connectivity index (χ1v) is 18.8. The highest BCUT2D eigenvalue weighted by Gasteiger charge is 2.65. The quantitative estimate of drug-likeness (QED) is 0.251. The fourth-order valence-corrected chi connectivity index (χ4v) is 11.1. The average molecular weight is 639 g/mol. The first-order chi connectivity index (χ1) is 22.1. The van der Waals surface area contributed by atoms with Crippen LogP contribution in [0.4, 0.5) is 0 Å². The van der Waals surface area contributed by atoms with Crippen molar-refractivity contribution in [2.24, 2.45) is 52.3 Å². The number of ether oxygens (including phenoxy) is 4. The van der Waals surface area contributed by atoms with Crippen LogP contribution < -0.4 is 0 Å². The van der Waals surface area contributed by atoms with Crippen molar-refractivity contribution in [3.8, 4) is 0 Å². The largest absolute Gasteiger partial charge is 0.466 e. The minimum absolute atomic E-state index is 0.0323. The molecule has 5 fully saturated rings. The molecule has 0 bridgehead atoms. The van der Waals surface area contributed by atoms with E-state index >= 15 is 0 Å². The van der Waals surface area contributed by atoms with Gasteiger partial charge in [0.05, 0.1) is 31.3 Å². The van der Waals surface area contributed by atoms with E-state index in [0.29, 0.717) is 60.9 Å². The van der Waals surface area contributed by atoms with Gasteiger partial charge in [0.15, 0.2) is 5.79 Å². The van der Waals surface area contributed by atoms with Crippen LogP contribution in [-0.4, -0.2) is 43.7 Å². The van der Waals surface area contributed by atoms with Gasteiger partial charge in [-0.1, -0.05) is 72.6 Å².